The van der Waals surface area contributed by atoms with Crippen molar-refractivity contribution >= 4 is 21.6 Å². The zero-order chi connectivity index (χ0) is 17.8. The summed E-state index contributed by atoms with van der Waals surface area (Å²) in [5, 5.41) is 13.7. The first-order valence-corrected chi connectivity index (χ1v) is 8.47. The molecule has 0 unspecified atom stereocenters. The molecule has 128 valence electrons. The molecule has 0 aliphatic carbocycles. The number of nitrogens with zero attached hydrogens (tertiary/aromatic N) is 2. The second-order valence-electron chi connectivity index (χ2n) is 5.95. The van der Waals surface area contributed by atoms with E-state index in [1.807, 2.05) is 0 Å². The third kappa shape index (κ3) is 5.00. The van der Waals surface area contributed by atoms with E-state index in [0.717, 1.165) is 16.4 Å². The van der Waals surface area contributed by atoms with E-state index < -0.39 is 43.5 Å². The Morgan fingerprint density at radius 1 is 1.30 bits per heavy atom. The van der Waals surface area contributed by atoms with Crippen molar-refractivity contribution in [3.05, 3.63) is 34.4 Å². The number of hydrogen-bond acceptors (Lipinski definition) is 5. The summed E-state index contributed by atoms with van der Waals surface area (Å²) in [4.78, 5) is 21.8. The fraction of sp³-hybridized carbons (Fsp3) is 0.500. The van der Waals surface area contributed by atoms with Crippen LogP contribution in [0.4, 0.5) is 5.69 Å². The molecule has 1 amide bonds. The Labute approximate surface area is 135 Å². The van der Waals surface area contributed by atoms with E-state index in [4.69, 9.17) is 0 Å². The van der Waals surface area contributed by atoms with Crippen molar-refractivity contribution in [3.63, 3.8) is 0 Å². The maximum absolute atomic E-state index is 12.6. The van der Waals surface area contributed by atoms with Gasteiger partial charge in [-0.3, -0.25) is 14.9 Å². The number of likely N-dealkylation sites (N-methyl/N-ethyl adjacent to an activating group) is 1. The summed E-state index contributed by atoms with van der Waals surface area (Å²) in [6, 6.07) is 5.08. The molecule has 8 nitrogen and oxygen atoms in total. The van der Waals surface area contributed by atoms with Gasteiger partial charge in [-0.2, -0.15) is 4.31 Å². The molecule has 0 aliphatic rings. The molecule has 9 heteroatoms. The van der Waals surface area contributed by atoms with Crippen molar-refractivity contribution in [2.75, 3.05) is 13.1 Å². The quantitative estimate of drug-likeness (QED) is 0.622. The maximum Gasteiger partial charge on any atom is 0.289 e. The summed E-state index contributed by atoms with van der Waals surface area (Å²) >= 11 is 0. The highest BCUT2D eigenvalue weighted by atomic mass is 32.2. The number of rotatable bonds is 6. The minimum absolute atomic E-state index is 0.0198. The number of amides is 1. The van der Waals surface area contributed by atoms with Crippen LogP contribution >= 0.6 is 0 Å². The number of nitro groups is 1. The van der Waals surface area contributed by atoms with Crippen molar-refractivity contribution in [2.45, 2.75) is 38.1 Å². The van der Waals surface area contributed by atoms with Crippen LogP contribution in [-0.2, 0) is 14.8 Å². The minimum atomic E-state index is -4.15. The Hall–Kier alpha value is -2.00. The van der Waals surface area contributed by atoms with Crippen LogP contribution in [0.2, 0.25) is 0 Å². The molecule has 1 aromatic carbocycles. The monoisotopic (exact) mass is 343 g/mol. The molecule has 0 radical (unpaired) electrons. The summed E-state index contributed by atoms with van der Waals surface area (Å²) in [6.07, 6.45) is 0. The van der Waals surface area contributed by atoms with Crippen LogP contribution in [0.5, 0.6) is 0 Å². The SMILES string of the molecule is CCN(CC(=O)NC(C)(C)C)S(=O)(=O)c1ccccc1[N+](=O)[O-]. The molecule has 1 aromatic rings. The van der Waals surface area contributed by atoms with Crippen LogP contribution < -0.4 is 5.32 Å². The van der Waals surface area contributed by atoms with Crippen molar-refractivity contribution < 1.29 is 18.1 Å². The van der Waals surface area contributed by atoms with Gasteiger partial charge in [0.1, 0.15) is 0 Å². The lowest BCUT2D eigenvalue weighted by atomic mass is 10.1. The molecule has 0 atom stereocenters. The molecule has 0 saturated carbocycles. The van der Waals surface area contributed by atoms with Gasteiger partial charge >= 0.3 is 0 Å². The van der Waals surface area contributed by atoms with E-state index in [1.54, 1.807) is 27.7 Å². The van der Waals surface area contributed by atoms with E-state index in [2.05, 4.69) is 5.32 Å². The highest BCUT2D eigenvalue weighted by Crippen LogP contribution is 2.26. The first-order chi connectivity index (χ1) is 10.5. The zero-order valence-electron chi connectivity index (χ0n) is 13.6. The van der Waals surface area contributed by atoms with Crippen LogP contribution in [0.25, 0.3) is 0 Å². The molecule has 23 heavy (non-hydrogen) atoms. The lowest BCUT2D eigenvalue weighted by Crippen LogP contribution is -2.47. The van der Waals surface area contributed by atoms with Crippen molar-refractivity contribution in [1.29, 1.82) is 0 Å². The Balaban J connectivity index is 3.15. The number of hydrogen-bond donors (Lipinski definition) is 1. The maximum atomic E-state index is 12.6. The predicted octanol–water partition coefficient (Wildman–Crippen LogP) is 1.52. The van der Waals surface area contributed by atoms with E-state index >= 15 is 0 Å². The van der Waals surface area contributed by atoms with Gasteiger partial charge in [0.2, 0.25) is 15.9 Å². The molecule has 0 saturated heterocycles. The van der Waals surface area contributed by atoms with Crippen molar-refractivity contribution in [3.8, 4) is 0 Å². The van der Waals surface area contributed by atoms with Gasteiger partial charge in [-0.15, -0.1) is 0 Å². The molecule has 0 spiro atoms. The molecule has 1 N–H and O–H groups in total. The Kier molecular flexibility index (Phi) is 5.84. The highest BCUT2D eigenvalue weighted by molar-refractivity contribution is 7.89. The van der Waals surface area contributed by atoms with E-state index in [-0.39, 0.29) is 6.54 Å². The van der Waals surface area contributed by atoms with Gasteiger partial charge in [0.05, 0.1) is 11.5 Å². The number of carbonyl (C=O) groups is 1. The first kappa shape index (κ1) is 19.0. The fourth-order valence-corrected chi connectivity index (χ4v) is 3.51. The van der Waals surface area contributed by atoms with Crippen molar-refractivity contribution in [2.24, 2.45) is 0 Å². The van der Waals surface area contributed by atoms with E-state index in [1.165, 1.54) is 12.1 Å². The largest absolute Gasteiger partial charge is 0.350 e. The summed E-state index contributed by atoms with van der Waals surface area (Å²) in [5.41, 5.74) is -1.01. The Morgan fingerprint density at radius 2 is 1.87 bits per heavy atom. The van der Waals surface area contributed by atoms with Crippen LogP contribution in [0.3, 0.4) is 0 Å². The average Bonchev–Trinajstić information content (AvgIpc) is 2.42. The van der Waals surface area contributed by atoms with Gasteiger partial charge in [0, 0.05) is 18.2 Å². The minimum Gasteiger partial charge on any atom is -0.350 e. The van der Waals surface area contributed by atoms with E-state index in [9.17, 15) is 23.3 Å². The van der Waals surface area contributed by atoms with Crippen molar-refractivity contribution in [1.82, 2.24) is 9.62 Å². The Bertz CT molecular complexity index is 695. The van der Waals surface area contributed by atoms with Gasteiger partial charge in [0.25, 0.3) is 5.69 Å². The smallest absolute Gasteiger partial charge is 0.289 e. The average molecular weight is 343 g/mol. The normalized spacial score (nSPS) is 12.2. The van der Waals surface area contributed by atoms with Gasteiger partial charge < -0.3 is 5.32 Å². The summed E-state index contributed by atoms with van der Waals surface area (Å²) in [6.45, 7) is 6.51. The topological polar surface area (TPSA) is 110 Å². The van der Waals surface area contributed by atoms with Crippen LogP contribution in [0, 0.1) is 10.1 Å². The van der Waals surface area contributed by atoms with E-state index in [0.29, 0.717) is 0 Å². The first-order valence-electron chi connectivity index (χ1n) is 7.03. The second kappa shape index (κ2) is 7.05. The molecule has 0 fully saturated rings. The lowest BCUT2D eigenvalue weighted by Gasteiger charge is -2.24. The molecular formula is C14H21N3O5S. The number of carbonyl (C=O) groups excluding carboxylic acids is 1. The van der Waals surface area contributed by atoms with Crippen LogP contribution in [0.15, 0.2) is 29.2 Å². The summed E-state index contributed by atoms with van der Waals surface area (Å²) in [5.74, 6) is -0.471. The number of nitrogens with one attached hydrogen (secondary N) is 1. The van der Waals surface area contributed by atoms with Gasteiger partial charge in [-0.05, 0) is 26.8 Å². The molecule has 0 aliphatic heterocycles. The van der Waals surface area contributed by atoms with Gasteiger partial charge in [-0.1, -0.05) is 19.1 Å². The third-order valence-electron chi connectivity index (χ3n) is 2.87. The van der Waals surface area contributed by atoms with Crippen LogP contribution in [0.1, 0.15) is 27.7 Å². The van der Waals surface area contributed by atoms with Gasteiger partial charge in [0.15, 0.2) is 4.90 Å². The number of para-hydroxylation sites is 1. The predicted molar refractivity (Wildman–Crippen MR) is 85.4 cm³/mol. The standard InChI is InChI=1S/C14H21N3O5S/c1-5-16(10-13(18)15-14(2,3)4)23(21,22)12-9-7-6-8-11(12)17(19)20/h6-9H,5,10H2,1-4H3,(H,15,18). The highest BCUT2D eigenvalue weighted by Gasteiger charge is 2.32. The van der Waals surface area contributed by atoms with Crippen LogP contribution in [-0.4, -0.2) is 42.2 Å². The lowest BCUT2D eigenvalue weighted by molar-refractivity contribution is -0.387. The second-order valence-corrected chi connectivity index (χ2v) is 7.86. The molecule has 0 bridgehead atoms. The Morgan fingerprint density at radius 3 is 2.35 bits per heavy atom. The number of benzene rings is 1. The summed E-state index contributed by atoms with van der Waals surface area (Å²) < 4.78 is 26.2. The summed E-state index contributed by atoms with van der Waals surface area (Å²) in [7, 11) is -4.15. The molecule has 0 aromatic heterocycles. The fourth-order valence-electron chi connectivity index (χ4n) is 1.95. The zero-order valence-corrected chi connectivity index (χ0v) is 14.4. The molecule has 1 rings (SSSR count). The molecule has 0 heterocycles. The number of sulfonamides is 1. The third-order valence-corrected chi connectivity index (χ3v) is 4.84. The van der Waals surface area contributed by atoms with Gasteiger partial charge in [-0.25, -0.2) is 8.42 Å². The number of nitro benzene ring substituents is 1. The molecular weight excluding hydrogens is 322 g/mol.